The molecular formula is C10H10BrN3O2S. The summed E-state index contributed by atoms with van der Waals surface area (Å²) in [6, 6.07) is 3.59. The summed E-state index contributed by atoms with van der Waals surface area (Å²) >= 11 is 4.46. The maximum Gasteiger partial charge on any atom is 0.273 e. The number of anilines is 1. The molecule has 17 heavy (non-hydrogen) atoms. The number of rotatable bonds is 3. The van der Waals surface area contributed by atoms with Gasteiger partial charge in [0.05, 0.1) is 6.54 Å². The van der Waals surface area contributed by atoms with Gasteiger partial charge in [-0.25, -0.2) is 4.98 Å². The van der Waals surface area contributed by atoms with E-state index >= 15 is 0 Å². The van der Waals surface area contributed by atoms with Crippen molar-refractivity contribution in [3.8, 4) is 0 Å². The third-order valence-electron chi connectivity index (χ3n) is 2.11. The third kappa shape index (κ3) is 2.86. The zero-order chi connectivity index (χ0) is 12.4. The summed E-state index contributed by atoms with van der Waals surface area (Å²) in [5.74, 6) is 0.529. The van der Waals surface area contributed by atoms with Gasteiger partial charge in [0.2, 0.25) is 0 Å². The molecule has 0 aliphatic carbocycles. The van der Waals surface area contributed by atoms with Crippen molar-refractivity contribution in [1.29, 1.82) is 0 Å². The lowest BCUT2D eigenvalue weighted by molar-refractivity contribution is 0.0770. The van der Waals surface area contributed by atoms with Gasteiger partial charge in [0.25, 0.3) is 5.91 Å². The molecule has 0 atom stereocenters. The zero-order valence-electron chi connectivity index (χ0n) is 9.01. The van der Waals surface area contributed by atoms with Crippen LogP contribution in [0.15, 0.2) is 26.6 Å². The summed E-state index contributed by atoms with van der Waals surface area (Å²) < 4.78 is 5.97. The van der Waals surface area contributed by atoms with E-state index < -0.39 is 0 Å². The lowest BCUT2D eigenvalue weighted by atomic mass is 10.3. The van der Waals surface area contributed by atoms with E-state index in [1.165, 1.54) is 16.2 Å². The standard InChI is InChI=1S/C10H10BrN3O2S/c1-14(4-6-2-3-8(11)16-6)9(15)7-5-17-10(12)13-7/h2-3,5H,4H2,1H3,(H2,12,13). The summed E-state index contributed by atoms with van der Waals surface area (Å²) in [7, 11) is 1.69. The quantitative estimate of drug-likeness (QED) is 0.943. The summed E-state index contributed by atoms with van der Waals surface area (Å²) in [5, 5.41) is 2.04. The molecular weight excluding hydrogens is 306 g/mol. The minimum atomic E-state index is -0.175. The molecule has 2 rings (SSSR count). The fraction of sp³-hybridized carbons (Fsp3) is 0.200. The Morgan fingerprint density at radius 1 is 1.65 bits per heavy atom. The number of amides is 1. The van der Waals surface area contributed by atoms with Gasteiger partial charge in [-0.05, 0) is 28.1 Å². The normalized spacial score (nSPS) is 10.5. The largest absolute Gasteiger partial charge is 0.452 e. The number of nitrogens with two attached hydrogens (primary N) is 1. The van der Waals surface area contributed by atoms with E-state index in [1.54, 1.807) is 18.5 Å². The molecule has 0 aromatic carbocycles. The first-order chi connectivity index (χ1) is 8.06. The van der Waals surface area contributed by atoms with Crippen LogP contribution in [0.25, 0.3) is 0 Å². The van der Waals surface area contributed by atoms with E-state index in [-0.39, 0.29) is 5.91 Å². The number of carbonyl (C=O) groups is 1. The Balaban J connectivity index is 2.05. The maximum absolute atomic E-state index is 11.9. The highest BCUT2D eigenvalue weighted by molar-refractivity contribution is 9.10. The molecule has 0 aliphatic rings. The first kappa shape index (κ1) is 12.1. The number of hydrogen-bond donors (Lipinski definition) is 1. The average molecular weight is 316 g/mol. The Labute approximate surface area is 110 Å². The van der Waals surface area contributed by atoms with Crippen LogP contribution in [0.1, 0.15) is 16.2 Å². The molecule has 1 amide bonds. The number of hydrogen-bond acceptors (Lipinski definition) is 5. The molecule has 0 saturated heterocycles. The molecule has 7 heteroatoms. The fourth-order valence-corrected chi connectivity index (χ4v) is 2.20. The lowest BCUT2D eigenvalue weighted by Gasteiger charge is -2.13. The Hall–Kier alpha value is -1.34. The van der Waals surface area contributed by atoms with E-state index in [0.29, 0.717) is 27.8 Å². The van der Waals surface area contributed by atoms with Crippen molar-refractivity contribution in [2.75, 3.05) is 12.8 Å². The topological polar surface area (TPSA) is 72.4 Å². The van der Waals surface area contributed by atoms with Crippen molar-refractivity contribution in [1.82, 2.24) is 9.88 Å². The van der Waals surface area contributed by atoms with Gasteiger partial charge in [0.15, 0.2) is 9.80 Å². The molecule has 0 fully saturated rings. The molecule has 0 unspecified atom stereocenters. The smallest absolute Gasteiger partial charge is 0.273 e. The monoisotopic (exact) mass is 315 g/mol. The molecule has 0 radical (unpaired) electrons. The second-order valence-electron chi connectivity index (χ2n) is 3.44. The second kappa shape index (κ2) is 4.89. The van der Waals surface area contributed by atoms with Crippen LogP contribution in [0.5, 0.6) is 0 Å². The van der Waals surface area contributed by atoms with Crippen LogP contribution in [-0.4, -0.2) is 22.8 Å². The molecule has 2 aromatic rings. The van der Waals surface area contributed by atoms with Crippen molar-refractivity contribution in [3.63, 3.8) is 0 Å². The Bertz CT molecular complexity index is 537. The zero-order valence-corrected chi connectivity index (χ0v) is 11.4. The summed E-state index contributed by atoms with van der Waals surface area (Å²) in [5.41, 5.74) is 5.85. The first-order valence-electron chi connectivity index (χ1n) is 4.77. The van der Waals surface area contributed by atoms with Crippen LogP contribution in [0.4, 0.5) is 5.13 Å². The molecule has 0 spiro atoms. The van der Waals surface area contributed by atoms with Crippen molar-refractivity contribution in [2.24, 2.45) is 0 Å². The van der Waals surface area contributed by atoms with Gasteiger partial charge < -0.3 is 15.1 Å². The van der Waals surface area contributed by atoms with E-state index in [2.05, 4.69) is 20.9 Å². The van der Waals surface area contributed by atoms with Crippen LogP contribution >= 0.6 is 27.3 Å². The predicted octanol–water partition coefficient (Wildman–Crippen LogP) is 2.35. The van der Waals surface area contributed by atoms with Crippen molar-refractivity contribution >= 4 is 38.3 Å². The van der Waals surface area contributed by atoms with E-state index in [0.717, 1.165) is 0 Å². The summed E-state index contributed by atoms with van der Waals surface area (Å²) in [6.07, 6.45) is 0. The van der Waals surface area contributed by atoms with E-state index in [9.17, 15) is 4.79 Å². The van der Waals surface area contributed by atoms with E-state index in [1.807, 2.05) is 6.07 Å². The number of thiazole rings is 1. The number of nitrogens with zero attached hydrogens (tertiary/aromatic N) is 2. The number of aromatic nitrogens is 1. The Morgan fingerprint density at radius 2 is 2.41 bits per heavy atom. The van der Waals surface area contributed by atoms with Crippen LogP contribution in [-0.2, 0) is 6.54 Å². The third-order valence-corrected chi connectivity index (χ3v) is 3.21. The highest BCUT2D eigenvalue weighted by Crippen LogP contribution is 2.17. The SMILES string of the molecule is CN(Cc1ccc(Br)o1)C(=O)c1csc(N)n1. The second-order valence-corrected chi connectivity index (χ2v) is 5.11. The van der Waals surface area contributed by atoms with Crippen LogP contribution < -0.4 is 5.73 Å². The predicted molar refractivity (Wildman–Crippen MR) is 68.7 cm³/mol. The van der Waals surface area contributed by atoms with Gasteiger partial charge in [-0.2, -0.15) is 0 Å². The number of halogens is 1. The first-order valence-corrected chi connectivity index (χ1v) is 6.44. The van der Waals surface area contributed by atoms with Crippen molar-refractivity contribution in [3.05, 3.63) is 33.6 Å². The van der Waals surface area contributed by atoms with E-state index in [4.69, 9.17) is 10.2 Å². The van der Waals surface area contributed by atoms with Gasteiger partial charge in [-0.15, -0.1) is 11.3 Å². The maximum atomic E-state index is 11.9. The number of carbonyl (C=O) groups excluding carboxylic acids is 1. The molecule has 90 valence electrons. The van der Waals surface area contributed by atoms with Gasteiger partial charge >= 0.3 is 0 Å². The van der Waals surface area contributed by atoms with Gasteiger partial charge in [-0.1, -0.05) is 0 Å². The molecule has 2 heterocycles. The molecule has 0 bridgehead atoms. The van der Waals surface area contributed by atoms with Crippen LogP contribution in [0, 0.1) is 0 Å². The highest BCUT2D eigenvalue weighted by atomic mass is 79.9. The summed E-state index contributed by atoms with van der Waals surface area (Å²) in [6.45, 7) is 0.391. The Kier molecular flexibility index (Phi) is 3.49. The molecule has 0 saturated carbocycles. The Morgan fingerprint density at radius 3 is 2.94 bits per heavy atom. The molecule has 0 aliphatic heterocycles. The van der Waals surface area contributed by atoms with Gasteiger partial charge in [0.1, 0.15) is 11.5 Å². The summed E-state index contributed by atoms with van der Waals surface area (Å²) in [4.78, 5) is 17.4. The molecule has 5 nitrogen and oxygen atoms in total. The minimum absolute atomic E-state index is 0.175. The van der Waals surface area contributed by atoms with Crippen LogP contribution in [0.2, 0.25) is 0 Å². The fourth-order valence-electron chi connectivity index (χ4n) is 1.32. The van der Waals surface area contributed by atoms with Crippen LogP contribution in [0.3, 0.4) is 0 Å². The lowest BCUT2D eigenvalue weighted by Crippen LogP contribution is -2.26. The average Bonchev–Trinajstić information content (AvgIpc) is 2.87. The van der Waals surface area contributed by atoms with Crippen molar-refractivity contribution in [2.45, 2.75) is 6.54 Å². The minimum Gasteiger partial charge on any atom is -0.452 e. The number of nitrogen functional groups attached to an aromatic ring is 1. The highest BCUT2D eigenvalue weighted by Gasteiger charge is 2.16. The molecule has 2 aromatic heterocycles. The van der Waals surface area contributed by atoms with Gasteiger partial charge in [0, 0.05) is 12.4 Å². The number of furan rings is 1. The van der Waals surface area contributed by atoms with Gasteiger partial charge in [-0.3, -0.25) is 4.79 Å². The molecule has 2 N–H and O–H groups in total. The van der Waals surface area contributed by atoms with Crippen molar-refractivity contribution < 1.29 is 9.21 Å².